The van der Waals surface area contributed by atoms with E-state index in [0.717, 1.165) is 5.57 Å². The number of amides is 4. The number of urea groups is 1. The van der Waals surface area contributed by atoms with E-state index in [9.17, 15) is 14.4 Å². The second-order valence-corrected chi connectivity index (χ2v) is 5.22. The third-order valence-corrected chi connectivity index (χ3v) is 3.32. The fourth-order valence-corrected chi connectivity index (χ4v) is 2.08. The molecule has 0 radical (unpaired) electrons. The molecule has 0 aromatic heterocycles. The van der Waals surface area contributed by atoms with Gasteiger partial charge in [0.15, 0.2) is 0 Å². The van der Waals surface area contributed by atoms with Crippen LogP contribution in [0, 0.1) is 0 Å². The Morgan fingerprint density at radius 2 is 2.00 bits per heavy atom. The Labute approximate surface area is 134 Å². The minimum absolute atomic E-state index is 0.312. The number of hydrogen-bond acceptors (Lipinski definition) is 5. The van der Waals surface area contributed by atoms with Crippen LogP contribution in [0.25, 0.3) is 0 Å². The summed E-state index contributed by atoms with van der Waals surface area (Å²) >= 11 is 0. The molecule has 0 bridgehead atoms. The van der Waals surface area contributed by atoms with Crippen molar-refractivity contribution in [1.29, 1.82) is 0 Å². The summed E-state index contributed by atoms with van der Waals surface area (Å²) in [5, 5.41) is 5.15. The predicted octanol–water partition coefficient (Wildman–Crippen LogP) is -0.424. The van der Waals surface area contributed by atoms with Crippen LogP contribution in [0.5, 0.6) is 0 Å². The molecule has 1 rings (SSSR count). The molecule has 128 valence electrons. The lowest BCUT2D eigenvalue weighted by Gasteiger charge is -2.16. The van der Waals surface area contributed by atoms with E-state index in [0.29, 0.717) is 31.5 Å². The SMILES string of the molecule is C[C@@H](OC(N)=O)C1=CC=C(NC(=O)[C@@H](N)CCCNC(N)=O)C1. The quantitative estimate of drug-likeness (QED) is 0.382. The molecule has 9 nitrogen and oxygen atoms in total. The van der Waals surface area contributed by atoms with E-state index in [2.05, 4.69) is 10.6 Å². The van der Waals surface area contributed by atoms with E-state index in [4.69, 9.17) is 21.9 Å². The Balaban J connectivity index is 2.30. The largest absolute Gasteiger partial charge is 0.442 e. The highest BCUT2D eigenvalue weighted by Gasteiger charge is 2.20. The van der Waals surface area contributed by atoms with Crippen LogP contribution < -0.4 is 27.8 Å². The van der Waals surface area contributed by atoms with Gasteiger partial charge in [-0.25, -0.2) is 9.59 Å². The molecular formula is C14H23N5O4. The number of carbonyl (C=O) groups excluding carboxylic acids is 3. The smallest absolute Gasteiger partial charge is 0.405 e. The first-order valence-electron chi connectivity index (χ1n) is 7.25. The zero-order valence-corrected chi connectivity index (χ0v) is 13.0. The number of allylic oxidation sites excluding steroid dienone is 3. The molecule has 0 saturated heterocycles. The number of primary amides is 2. The van der Waals surface area contributed by atoms with Gasteiger partial charge in [-0.1, -0.05) is 6.08 Å². The third-order valence-electron chi connectivity index (χ3n) is 3.32. The lowest BCUT2D eigenvalue weighted by Crippen LogP contribution is -2.40. The standard InChI is InChI=1S/C14H23N5O4/c1-8(23-14(17)22)9-4-5-10(7-9)19-12(20)11(15)3-2-6-18-13(16)21/h4-5,8,11H,2-3,6-7,15H2,1H3,(H2,17,22)(H,19,20)(H3,16,18,21)/t8-,11+/m1/s1. The number of nitrogens with two attached hydrogens (primary N) is 3. The Bertz CT molecular complexity index is 529. The van der Waals surface area contributed by atoms with Gasteiger partial charge >= 0.3 is 12.1 Å². The summed E-state index contributed by atoms with van der Waals surface area (Å²) in [6, 6.07) is -1.29. The molecule has 4 amide bonds. The van der Waals surface area contributed by atoms with E-state index in [1.54, 1.807) is 19.1 Å². The maximum Gasteiger partial charge on any atom is 0.405 e. The van der Waals surface area contributed by atoms with E-state index < -0.39 is 24.3 Å². The average molecular weight is 325 g/mol. The molecular weight excluding hydrogens is 302 g/mol. The van der Waals surface area contributed by atoms with Gasteiger partial charge in [0.25, 0.3) is 0 Å². The van der Waals surface area contributed by atoms with Crippen LogP contribution in [-0.4, -0.2) is 36.7 Å². The van der Waals surface area contributed by atoms with Crippen molar-refractivity contribution < 1.29 is 19.1 Å². The normalized spacial score (nSPS) is 15.9. The molecule has 0 heterocycles. The summed E-state index contributed by atoms with van der Waals surface area (Å²) in [6.07, 6.45) is 3.62. The lowest BCUT2D eigenvalue weighted by molar-refractivity contribution is -0.121. The third kappa shape index (κ3) is 6.83. The first kappa shape index (κ1) is 18.5. The molecule has 0 saturated carbocycles. The molecule has 23 heavy (non-hydrogen) atoms. The number of hydrogen-bond donors (Lipinski definition) is 5. The van der Waals surface area contributed by atoms with E-state index in [1.807, 2.05) is 0 Å². The molecule has 2 atom stereocenters. The van der Waals surface area contributed by atoms with E-state index >= 15 is 0 Å². The Morgan fingerprint density at radius 3 is 2.61 bits per heavy atom. The van der Waals surface area contributed by atoms with Crippen LogP contribution in [-0.2, 0) is 9.53 Å². The molecule has 8 N–H and O–H groups in total. The fourth-order valence-electron chi connectivity index (χ4n) is 2.08. The Morgan fingerprint density at radius 1 is 1.30 bits per heavy atom. The van der Waals surface area contributed by atoms with Gasteiger partial charge in [0.1, 0.15) is 6.10 Å². The number of carbonyl (C=O) groups is 3. The summed E-state index contributed by atoms with van der Waals surface area (Å²) in [5.74, 6) is -0.312. The number of nitrogens with one attached hydrogen (secondary N) is 2. The van der Waals surface area contributed by atoms with Crippen LogP contribution in [0.2, 0.25) is 0 Å². The molecule has 0 spiro atoms. The van der Waals surface area contributed by atoms with Crippen LogP contribution in [0.3, 0.4) is 0 Å². The van der Waals surface area contributed by atoms with Crippen LogP contribution >= 0.6 is 0 Å². The predicted molar refractivity (Wildman–Crippen MR) is 83.9 cm³/mol. The number of rotatable bonds is 8. The summed E-state index contributed by atoms with van der Waals surface area (Å²) in [6.45, 7) is 2.07. The van der Waals surface area contributed by atoms with E-state index in [-0.39, 0.29) is 5.91 Å². The first-order chi connectivity index (χ1) is 10.8. The van der Waals surface area contributed by atoms with Gasteiger partial charge in [-0.3, -0.25) is 4.79 Å². The first-order valence-corrected chi connectivity index (χ1v) is 7.25. The van der Waals surface area contributed by atoms with Gasteiger partial charge in [-0.2, -0.15) is 0 Å². The van der Waals surface area contributed by atoms with Gasteiger partial charge in [-0.15, -0.1) is 0 Å². The second kappa shape index (κ2) is 8.79. The van der Waals surface area contributed by atoms with Crippen molar-refractivity contribution in [2.75, 3.05) is 6.54 Å². The van der Waals surface area contributed by atoms with Gasteiger partial charge in [0, 0.05) is 18.7 Å². The molecule has 0 aliphatic heterocycles. The van der Waals surface area contributed by atoms with Crippen molar-refractivity contribution in [3.05, 3.63) is 23.4 Å². The van der Waals surface area contributed by atoms with Gasteiger partial charge < -0.3 is 32.6 Å². The molecule has 0 fully saturated rings. The van der Waals surface area contributed by atoms with Crippen LogP contribution in [0.15, 0.2) is 23.4 Å². The summed E-state index contributed by atoms with van der Waals surface area (Å²) in [5.41, 5.74) is 17.2. The molecule has 1 aliphatic rings. The zero-order chi connectivity index (χ0) is 17.4. The molecule has 0 unspecified atom stereocenters. The maximum absolute atomic E-state index is 12.0. The van der Waals surface area contributed by atoms with Crippen molar-refractivity contribution in [2.45, 2.75) is 38.3 Å². The highest BCUT2D eigenvalue weighted by Crippen LogP contribution is 2.21. The second-order valence-electron chi connectivity index (χ2n) is 5.22. The molecule has 9 heteroatoms. The van der Waals surface area contributed by atoms with Gasteiger partial charge in [0.05, 0.1) is 6.04 Å². The molecule has 1 aliphatic carbocycles. The van der Waals surface area contributed by atoms with Crippen molar-refractivity contribution >= 4 is 18.0 Å². The molecule has 0 aromatic carbocycles. The highest BCUT2D eigenvalue weighted by molar-refractivity contribution is 5.83. The summed E-state index contributed by atoms with van der Waals surface area (Å²) in [7, 11) is 0. The molecule has 0 aromatic rings. The highest BCUT2D eigenvalue weighted by atomic mass is 16.6. The Hall–Kier alpha value is -2.55. The zero-order valence-electron chi connectivity index (χ0n) is 13.0. The number of ether oxygens (including phenoxy) is 1. The van der Waals surface area contributed by atoms with Crippen molar-refractivity contribution in [1.82, 2.24) is 10.6 Å². The van der Waals surface area contributed by atoms with E-state index in [1.165, 1.54) is 0 Å². The van der Waals surface area contributed by atoms with Crippen LogP contribution in [0.1, 0.15) is 26.2 Å². The van der Waals surface area contributed by atoms with Crippen molar-refractivity contribution in [3.63, 3.8) is 0 Å². The van der Waals surface area contributed by atoms with Gasteiger partial charge in [0.2, 0.25) is 5.91 Å². The van der Waals surface area contributed by atoms with Gasteiger partial charge in [-0.05, 0) is 31.4 Å². The summed E-state index contributed by atoms with van der Waals surface area (Å²) in [4.78, 5) is 33.2. The average Bonchev–Trinajstić information content (AvgIpc) is 2.91. The summed E-state index contributed by atoms with van der Waals surface area (Å²) < 4.78 is 4.87. The van der Waals surface area contributed by atoms with Crippen molar-refractivity contribution in [2.24, 2.45) is 17.2 Å². The minimum Gasteiger partial charge on any atom is -0.442 e. The monoisotopic (exact) mass is 325 g/mol. The maximum atomic E-state index is 12.0. The topological polar surface area (TPSA) is 163 Å². The van der Waals surface area contributed by atoms with Crippen molar-refractivity contribution in [3.8, 4) is 0 Å². The minimum atomic E-state index is -0.845. The fraction of sp³-hybridized carbons (Fsp3) is 0.500. The van der Waals surface area contributed by atoms with Crippen LogP contribution in [0.4, 0.5) is 9.59 Å². The Kier molecular flexibility index (Phi) is 7.07. The lowest BCUT2D eigenvalue weighted by atomic mass is 10.1.